The zero-order valence-electron chi connectivity index (χ0n) is 19.7. The van der Waals surface area contributed by atoms with E-state index in [-0.39, 0.29) is 24.5 Å². The van der Waals surface area contributed by atoms with Gasteiger partial charge in [0.2, 0.25) is 5.91 Å². The van der Waals surface area contributed by atoms with Gasteiger partial charge in [-0.15, -0.1) is 0 Å². The van der Waals surface area contributed by atoms with Crippen LogP contribution in [-0.4, -0.2) is 54.0 Å². The van der Waals surface area contributed by atoms with E-state index in [1.54, 1.807) is 0 Å². The summed E-state index contributed by atoms with van der Waals surface area (Å²) in [6.45, 7) is 5.69. The first kappa shape index (κ1) is 25.2. The highest BCUT2D eigenvalue weighted by Crippen LogP contribution is 2.44. The van der Waals surface area contributed by atoms with Crippen molar-refractivity contribution in [2.75, 3.05) is 19.7 Å². The van der Waals surface area contributed by atoms with Gasteiger partial charge in [-0.2, -0.15) is 0 Å². The molecule has 8 heteroatoms. The Kier molecular flexibility index (Phi) is 7.94. The molecule has 3 rings (SSSR count). The molecule has 8 nitrogen and oxygen atoms in total. The summed E-state index contributed by atoms with van der Waals surface area (Å²) in [5, 5.41) is 23.3. The van der Waals surface area contributed by atoms with E-state index in [1.165, 1.54) is 0 Å². The van der Waals surface area contributed by atoms with E-state index in [0.717, 1.165) is 22.3 Å². The summed E-state index contributed by atoms with van der Waals surface area (Å²) < 4.78 is 5.53. The van der Waals surface area contributed by atoms with Crippen molar-refractivity contribution in [3.63, 3.8) is 0 Å². The van der Waals surface area contributed by atoms with Crippen molar-refractivity contribution in [2.24, 2.45) is 11.3 Å². The number of rotatable bonds is 9. The Balaban J connectivity index is 1.58. The average Bonchev–Trinajstić information content (AvgIpc) is 3.11. The Morgan fingerprint density at radius 2 is 1.50 bits per heavy atom. The van der Waals surface area contributed by atoms with Gasteiger partial charge >= 0.3 is 12.1 Å². The lowest BCUT2D eigenvalue weighted by Gasteiger charge is -2.26. The molecule has 2 amide bonds. The number of carboxylic acids is 1. The molecule has 0 bridgehead atoms. The Labute approximate surface area is 199 Å². The lowest BCUT2D eigenvalue weighted by atomic mass is 9.84. The summed E-state index contributed by atoms with van der Waals surface area (Å²) in [5.74, 6) is -2.52. The first-order valence-electron chi connectivity index (χ1n) is 11.3. The summed E-state index contributed by atoms with van der Waals surface area (Å²) in [4.78, 5) is 35.9. The van der Waals surface area contributed by atoms with Crippen molar-refractivity contribution in [3.8, 4) is 11.1 Å². The minimum absolute atomic E-state index is 0.0307. The second kappa shape index (κ2) is 10.7. The van der Waals surface area contributed by atoms with E-state index < -0.39 is 36.5 Å². The van der Waals surface area contributed by atoms with Gasteiger partial charge in [0, 0.05) is 12.5 Å². The van der Waals surface area contributed by atoms with Crippen LogP contribution in [0.3, 0.4) is 0 Å². The monoisotopic (exact) mass is 468 g/mol. The number of carbonyl (C=O) groups excluding carboxylic acids is 2. The lowest BCUT2D eigenvalue weighted by Crippen LogP contribution is -2.44. The third-order valence-electron chi connectivity index (χ3n) is 5.82. The van der Waals surface area contributed by atoms with Crippen molar-refractivity contribution in [3.05, 3.63) is 59.7 Å². The number of carboxylic acid groups (broad SMARTS) is 1. The van der Waals surface area contributed by atoms with Gasteiger partial charge in [-0.3, -0.25) is 4.79 Å². The molecular formula is C26H32N2O6. The van der Waals surface area contributed by atoms with Crippen LogP contribution >= 0.6 is 0 Å². The number of hydrogen-bond donors (Lipinski definition) is 4. The average molecular weight is 469 g/mol. The molecule has 0 saturated carbocycles. The highest BCUT2D eigenvalue weighted by Gasteiger charge is 2.30. The third kappa shape index (κ3) is 6.35. The number of alkyl carbamates (subject to hydrolysis) is 1. The molecule has 1 aliphatic rings. The Bertz CT molecular complexity index is 1000. The maximum Gasteiger partial charge on any atom is 0.407 e. The van der Waals surface area contributed by atoms with Gasteiger partial charge in [-0.25, -0.2) is 9.59 Å². The predicted molar refractivity (Wildman–Crippen MR) is 127 cm³/mol. The van der Waals surface area contributed by atoms with E-state index in [0.29, 0.717) is 6.42 Å². The number of ether oxygens (including phenoxy) is 1. The number of fused-ring (bicyclic) bond motifs is 3. The number of nitrogens with one attached hydrogen (secondary N) is 2. The first-order valence-corrected chi connectivity index (χ1v) is 11.3. The minimum atomic E-state index is -1.69. The quantitative estimate of drug-likeness (QED) is 0.448. The number of benzene rings is 2. The van der Waals surface area contributed by atoms with Crippen LogP contribution in [0, 0.1) is 11.3 Å². The topological polar surface area (TPSA) is 125 Å². The van der Waals surface area contributed by atoms with Gasteiger partial charge in [-0.1, -0.05) is 69.3 Å². The van der Waals surface area contributed by atoms with Crippen LogP contribution in [0.1, 0.15) is 44.2 Å². The second-order valence-electron chi connectivity index (χ2n) is 9.77. The van der Waals surface area contributed by atoms with Crippen LogP contribution < -0.4 is 10.6 Å². The van der Waals surface area contributed by atoms with Gasteiger partial charge < -0.3 is 25.6 Å². The molecule has 2 aromatic carbocycles. The maximum absolute atomic E-state index is 12.6. The van der Waals surface area contributed by atoms with Crippen LogP contribution in [0.15, 0.2) is 48.5 Å². The van der Waals surface area contributed by atoms with Gasteiger partial charge in [0.15, 0.2) is 6.10 Å². The Morgan fingerprint density at radius 3 is 2.03 bits per heavy atom. The predicted octanol–water partition coefficient (Wildman–Crippen LogP) is 3.14. The summed E-state index contributed by atoms with van der Waals surface area (Å²) in [6.07, 6.45) is -1.86. The minimum Gasteiger partial charge on any atom is -0.479 e. The number of aliphatic carboxylic acids is 1. The smallest absolute Gasteiger partial charge is 0.407 e. The van der Waals surface area contributed by atoms with Crippen molar-refractivity contribution >= 4 is 18.0 Å². The molecule has 0 spiro atoms. The lowest BCUT2D eigenvalue weighted by molar-refractivity contribution is -0.146. The molecule has 0 aliphatic heterocycles. The molecular weight excluding hydrogens is 436 g/mol. The summed E-state index contributed by atoms with van der Waals surface area (Å²) >= 11 is 0. The van der Waals surface area contributed by atoms with Gasteiger partial charge in [0.05, 0.1) is 12.5 Å². The molecule has 1 aliphatic carbocycles. The highest BCUT2D eigenvalue weighted by atomic mass is 16.5. The van der Waals surface area contributed by atoms with Gasteiger partial charge in [-0.05, 0) is 34.1 Å². The molecule has 0 aromatic heterocycles. The van der Waals surface area contributed by atoms with E-state index in [1.807, 2.05) is 57.2 Å². The van der Waals surface area contributed by atoms with Gasteiger partial charge in [0.25, 0.3) is 0 Å². The largest absolute Gasteiger partial charge is 0.479 e. The number of carbonyl (C=O) groups is 3. The maximum atomic E-state index is 12.6. The normalized spacial score (nSPS) is 14.5. The van der Waals surface area contributed by atoms with Gasteiger partial charge in [0.1, 0.15) is 6.61 Å². The molecule has 182 valence electrons. The Hall–Kier alpha value is -3.39. The zero-order valence-corrected chi connectivity index (χ0v) is 19.7. The molecule has 2 atom stereocenters. The number of aliphatic hydroxyl groups excluding tert-OH is 1. The number of aliphatic hydroxyl groups is 1. The molecule has 0 saturated heterocycles. The van der Waals surface area contributed by atoms with Crippen molar-refractivity contribution in [1.82, 2.24) is 10.6 Å². The SMILES string of the molecule is CC(C)(C)CC(CNC(=O)OCC1c2ccccc2-c2ccccc21)C(=O)NCC(O)C(=O)O. The summed E-state index contributed by atoms with van der Waals surface area (Å²) in [7, 11) is 0. The fourth-order valence-electron chi connectivity index (χ4n) is 4.28. The molecule has 0 fully saturated rings. The van der Waals surface area contributed by atoms with E-state index in [9.17, 15) is 19.5 Å². The zero-order chi connectivity index (χ0) is 24.9. The Morgan fingerprint density at radius 1 is 0.941 bits per heavy atom. The third-order valence-corrected chi connectivity index (χ3v) is 5.82. The van der Waals surface area contributed by atoms with E-state index >= 15 is 0 Å². The summed E-state index contributed by atoms with van der Waals surface area (Å²) in [6, 6.07) is 16.1. The van der Waals surface area contributed by atoms with Crippen LogP contribution in [-0.2, 0) is 14.3 Å². The molecule has 0 heterocycles. The van der Waals surface area contributed by atoms with Crippen LogP contribution in [0.5, 0.6) is 0 Å². The molecule has 4 N–H and O–H groups in total. The molecule has 2 unspecified atom stereocenters. The van der Waals surface area contributed by atoms with Crippen LogP contribution in [0.25, 0.3) is 11.1 Å². The van der Waals surface area contributed by atoms with Crippen molar-refractivity contribution < 1.29 is 29.3 Å². The van der Waals surface area contributed by atoms with Crippen LogP contribution in [0.4, 0.5) is 4.79 Å². The van der Waals surface area contributed by atoms with Crippen molar-refractivity contribution in [2.45, 2.75) is 39.2 Å². The molecule has 0 radical (unpaired) electrons. The van der Waals surface area contributed by atoms with E-state index in [2.05, 4.69) is 22.8 Å². The molecule has 34 heavy (non-hydrogen) atoms. The second-order valence-corrected chi connectivity index (χ2v) is 9.77. The van der Waals surface area contributed by atoms with E-state index in [4.69, 9.17) is 9.84 Å². The molecule has 2 aromatic rings. The number of hydrogen-bond acceptors (Lipinski definition) is 5. The fourth-order valence-corrected chi connectivity index (χ4v) is 4.28. The fraction of sp³-hybridized carbons (Fsp3) is 0.423. The standard InChI is InChI=1S/C26H32N2O6/c1-26(2,3)12-16(23(30)27-14-22(29)24(31)32)13-28-25(33)34-15-21-19-10-6-4-8-17(19)18-9-5-7-11-20(18)21/h4-11,16,21-22,29H,12-15H2,1-3H3,(H,27,30)(H,28,33)(H,31,32). The van der Waals surface area contributed by atoms with Crippen LogP contribution in [0.2, 0.25) is 0 Å². The summed E-state index contributed by atoms with van der Waals surface area (Å²) in [5.41, 5.74) is 4.28. The first-order chi connectivity index (χ1) is 16.1. The van der Waals surface area contributed by atoms with Crippen molar-refractivity contribution in [1.29, 1.82) is 0 Å². The number of amides is 2. The highest BCUT2D eigenvalue weighted by molar-refractivity contribution is 5.81.